The normalized spacial score (nSPS) is 11.1. The first-order valence-corrected chi connectivity index (χ1v) is 9.37. The van der Waals surface area contributed by atoms with Crippen molar-refractivity contribution in [2.75, 3.05) is 14.2 Å². The fraction of sp³-hybridized carbons (Fsp3) is 0.0800. The molecule has 150 valence electrons. The van der Waals surface area contributed by atoms with Gasteiger partial charge in [-0.15, -0.1) is 0 Å². The van der Waals surface area contributed by atoms with E-state index in [2.05, 4.69) is 0 Å². The molecule has 0 aliphatic heterocycles. The monoisotopic (exact) mass is 401 g/mol. The van der Waals surface area contributed by atoms with Gasteiger partial charge in [-0.2, -0.15) is 0 Å². The molecule has 0 fully saturated rings. The summed E-state index contributed by atoms with van der Waals surface area (Å²) >= 11 is 0. The number of aromatic hydroxyl groups is 2. The maximum absolute atomic E-state index is 10.1. The lowest BCUT2D eigenvalue weighted by atomic mass is 10.0. The molecule has 5 heteroatoms. The molecule has 1 heterocycles. The van der Waals surface area contributed by atoms with Gasteiger partial charge in [-0.1, -0.05) is 30.4 Å². The fourth-order valence-corrected chi connectivity index (χ4v) is 3.28. The quantitative estimate of drug-likeness (QED) is 0.403. The summed E-state index contributed by atoms with van der Waals surface area (Å²) < 4.78 is 16.5. The molecule has 0 saturated carbocycles. The highest BCUT2D eigenvalue weighted by Gasteiger charge is 2.18. The van der Waals surface area contributed by atoms with Gasteiger partial charge in [-0.3, -0.25) is 0 Å². The number of hydrogen-bond donors (Lipinski definition) is 2. The first-order valence-electron chi connectivity index (χ1n) is 9.37. The third-order valence-electron chi connectivity index (χ3n) is 4.80. The van der Waals surface area contributed by atoms with Crippen molar-refractivity contribution in [1.29, 1.82) is 0 Å². The van der Waals surface area contributed by atoms with Crippen LogP contribution in [0.4, 0.5) is 0 Å². The fourth-order valence-electron chi connectivity index (χ4n) is 3.28. The molecule has 0 aliphatic rings. The topological polar surface area (TPSA) is 70.2 Å². The average molecular weight is 401 g/mol. The Balaban J connectivity index is 1.84. The SMILES string of the molecule is COc1cc(/C=C/c2cc(-c3ccccc3)[o+]c3cc(O)ccc23)cc(OC)c1O. The Kier molecular flexibility index (Phi) is 5.26. The van der Waals surface area contributed by atoms with E-state index >= 15 is 0 Å². The van der Waals surface area contributed by atoms with Crippen molar-refractivity contribution in [2.24, 2.45) is 0 Å². The van der Waals surface area contributed by atoms with Crippen molar-refractivity contribution in [2.45, 2.75) is 0 Å². The number of phenolic OH excluding ortho intramolecular Hbond substituents is 2. The first-order chi connectivity index (χ1) is 14.6. The number of benzene rings is 3. The Morgan fingerprint density at radius 1 is 0.800 bits per heavy atom. The highest BCUT2D eigenvalue weighted by atomic mass is 16.5. The largest absolute Gasteiger partial charge is 0.508 e. The molecule has 4 aromatic rings. The van der Waals surface area contributed by atoms with Crippen LogP contribution in [0.2, 0.25) is 0 Å². The van der Waals surface area contributed by atoms with E-state index in [9.17, 15) is 10.2 Å². The molecule has 0 bridgehead atoms. The van der Waals surface area contributed by atoms with Crippen molar-refractivity contribution in [3.05, 3.63) is 77.9 Å². The lowest BCUT2D eigenvalue weighted by Gasteiger charge is -2.09. The van der Waals surface area contributed by atoms with Crippen LogP contribution in [0.15, 0.2) is 71.1 Å². The number of methoxy groups -OCH3 is 2. The molecule has 0 atom stereocenters. The van der Waals surface area contributed by atoms with Gasteiger partial charge in [-0.25, -0.2) is 4.42 Å². The van der Waals surface area contributed by atoms with Crippen molar-refractivity contribution in [3.8, 4) is 34.3 Å². The molecule has 0 amide bonds. The Morgan fingerprint density at radius 2 is 1.50 bits per heavy atom. The average Bonchev–Trinajstić information content (AvgIpc) is 2.78. The predicted octanol–water partition coefficient (Wildman–Crippen LogP) is 5.98. The van der Waals surface area contributed by atoms with Gasteiger partial charge in [0, 0.05) is 5.56 Å². The third kappa shape index (κ3) is 3.78. The van der Waals surface area contributed by atoms with Crippen LogP contribution < -0.4 is 9.47 Å². The molecule has 30 heavy (non-hydrogen) atoms. The molecule has 0 saturated heterocycles. The van der Waals surface area contributed by atoms with Gasteiger partial charge in [-0.05, 0) is 42.0 Å². The summed E-state index contributed by atoms with van der Waals surface area (Å²) in [7, 11) is 2.99. The molecule has 0 unspecified atom stereocenters. The van der Waals surface area contributed by atoms with Crippen molar-refractivity contribution >= 4 is 23.1 Å². The summed E-state index contributed by atoms with van der Waals surface area (Å²) in [6, 6.07) is 20.2. The summed E-state index contributed by atoms with van der Waals surface area (Å²) in [5.74, 6) is 1.45. The molecular formula is C25H21O5+. The lowest BCUT2D eigenvalue weighted by molar-refractivity contribution is 0.340. The van der Waals surface area contributed by atoms with E-state index in [4.69, 9.17) is 13.9 Å². The Bertz CT molecular complexity index is 1200. The zero-order valence-electron chi connectivity index (χ0n) is 16.6. The van der Waals surface area contributed by atoms with Crippen molar-refractivity contribution < 1.29 is 24.1 Å². The van der Waals surface area contributed by atoms with Crippen LogP contribution in [-0.4, -0.2) is 24.4 Å². The highest BCUT2D eigenvalue weighted by Crippen LogP contribution is 2.38. The molecule has 0 aliphatic carbocycles. The molecule has 5 nitrogen and oxygen atoms in total. The van der Waals surface area contributed by atoms with Gasteiger partial charge < -0.3 is 19.7 Å². The summed E-state index contributed by atoms with van der Waals surface area (Å²) in [6.07, 6.45) is 3.85. The number of phenols is 2. The van der Waals surface area contributed by atoms with Gasteiger partial charge >= 0.3 is 11.3 Å². The van der Waals surface area contributed by atoms with E-state index in [0.717, 1.165) is 22.1 Å². The van der Waals surface area contributed by atoms with Gasteiger partial charge in [0.2, 0.25) is 5.75 Å². The molecule has 0 radical (unpaired) electrons. The van der Waals surface area contributed by atoms with Crippen molar-refractivity contribution in [1.82, 2.24) is 0 Å². The molecular weight excluding hydrogens is 380 g/mol. The van der Waals surface area contributed by atoms with E-state index in [-0.39, 0.29) is 11.5 Å². The molecule has 0 spiro atoms. The van der Waals surface area contributed by atoms with Crippen molar-refractivity contribution in [3.63, 3.8) is 0 Å². The minimum absolute atomic E-state index is 0.0389. The zero-order chi connectivity index (χ0) is 21.1. The third-order valence-corrected chi connectivity index (χ3v) is 4.80. The zero-order valence-corrected chi connectivity index (χ0v) is 16.6. The lowest BCUT2D eigenvalue weighted by Crippen LogP contribution is -1.90. The minimum Gasteiger partial charge on any atom is -0.508 e. The molecule has 4 rings (SSSR count). The summed E-state index contributed by atoms with van der Waals surface area (Å²) in [5, 5.41) is 20.9. The summed E-state index contributed by atoms with van der Waals surface area (Å²) in [5.41, 5.74) is 3.24. The first kappa shape index (κ1) is 19.3. The van der Waals surface area contributed by atoms with Crippen LogP contribution in [0.3, 0.4) is 0 Å². The van der Waals surface area contributed by atoms with Crippen LogP contribution in [0.5, 0.6) is 23.0 Å². The number of fused-ring (bicyclic) bond motifs is 1. The second-order valence-corrected chi connectivity index (χ2v) is 6.72. The summed E-state index contributed by atoms with van der Waals surface area (Å²) in [4.78, 5) is 0. The smallest absolute Gasteiger partial charge is 0.365 e. The van der Waals surface area contributed by atoms with E-state index in [1.54, 1.807) is 24.3 Å². The van der Waals surface area contributed by atoms with Crippen LogP contribution in [0.25, 0.3) is 34.4 Å². The van der Waals surface area contributed by atoms with E-state index in [1.807, 2.05) is 54.6 Å². The van der Waals surface area contributed by atoms with Gasteiger partial charge in [0.25, 0.3) is 0 Å². The maximum Gasteiger partial charge on any atom is 0.365 e. The minimum atomic E-state index is -0.0389. The summed E-state index contributed by atoms with van der Waals surface area (Å²) in [6.45, 7) is 0. The van der Waals surface area contributed by atoms with Gasteiger partial charge in [0.1, 0.15) is 5.75 Å². The van der Waals surface area contributed by atoms with E-state index in [0.29, 0.717) is 22.8 Å². The highest BCUT2D eigenvalue weighted by molar-refractivity contribution is 5.92. The maximum atomic E-state index is 10.1. The number of hydrogen-bond acceptors (Lipinski definition) is 4. The standard InChI is InChI=1S/C25H20O5/c1-28-23-12-16(13-24(29-2)25(23)27)8-9-18-14-21(17-6-4-3-5-7-17)30-22-15-19(26)10-11-20(18)22/h3-15H,1-2H3,(H-,26,27)/p+1/b9-8+. The van der Waals surface area contributed by atoms with E-state index in [1.165, 1.54) is 14.2 Å². The second kappa shape index (κ2) is 8.17. The van der Waals surface area contributed by atoms with E-state index < -0.39 is 0 Å². The van der Waals surface area contributed by atoms with Crippen LogP contribution in [0, 0.1) is 0 Å². The number of ether oxygens (including phenoxy) is 2. The Morgan fingerprint density at radius 3 is 2.17 bits per heavy atom. The molecule has 2 N–H and O–H groups in total. The second-order valence-electron chi connectivity index (χ2n) is 6.72. The van der Waals surface area contributed by atoms with Gasteiger partial charge in [0.15, 0.2) is 11.5 Å². The van der Waals surface area contributed by atoms with Crippen LogP contribution in [0.1, 0.15) is 11.1 Å². The Labute approximate surface area is 174 Å². The molecule has 1 aromatic heterocycles. The Hall–Kier alpha value is -3.99. The number of rotatable bonds is 5. The van der Waals surface area contributed by atoms with Gasteiger partial charge in [0.05, 0.1) is 37.3 Å². The molecule has 3 aromatic carbocycles. The van der Waals surface area contributed by atoms with Crippen LogP contribution in [-0.2, 0) is 0 Å². The predicted molar refractivity (Wildman–Crippen MR) is 118 cm³/mol. The van der Waals surface area contributed by atoms with Crippen LogP contribution >= 0.6 is 0 Å².